The summed E-state index contributed by atoms with van der Waals surface area (Å²) in [6.45, 7) is 14.8. The van der Waals surface area contributed by atoms with Gasteiger partial charge in [0.05, 0.1) is 12.5 Å². The molecule has 0 amide bonds. The number of methoxy groups -OCH3 is 1. The molecule has 2 heteroatoms. The lowest BCUT2D eigenvalue weighted by molar-refractivity contribution is -0.167. The molecule has 0 bridgehead atoms. The van der Waals surface area contributed by atoms with E-state index < -0.39 is 0 Å². The third-order valence-corrected chi connectivity index (χ3v) is 6.67. The van der Waals surface area contributed by atoms with Crippen molar-refractivity contribution >= 4 is 5.97 Å². The summed E-state index contributed by atoms with van der Waals surface area (Å²) in [5, 5.41) is 0. The standard InChI is InChI=1S/C21H32O2/c1-7-15(2)9-11-17-16(3)10-12-18-20(17,4)13-8-14-21(18,5)19(22)23-6/h7,9,17-18H,1,3,8,10-14H2,2,4-6H3/b15-9-/t17-,18-,20-,21+/m1/s1. The Labute approximate surface area is 141 Å². The minimum atomic E-state index is -0.349. The van der Waals surface area contributed by atoms with Gasteiger partial charge in [-0.15, -0.1) is 0 Å². The Morgan fingerprint density at radius 3 is 2.70 bits per heavy atom. The number of hydrogen-bond donors (Lipinski definition) is 0. The number of hydrogen-bond acceptors (Lipinski definition) is 2. The molecule has 0 unspecified atom stereocenters. The van der Waals surface area contributed by atoms with Crippen molar-refractivity contribution in [1.82, 2.24) is 0 Å². The summed E-state index contributed by atoms with van der Waals surface area (Å²) in [5.41, 5.74) is 2.35. The maximum Gasteiger partial charge on any atom is 0.311 e. The average Bonchev–Trinajstić information content (AvgIpc) is 2.52. The fourth-order valence-electron chi connectivity index (χ4n) is 5.25. The highest BCUT2D eigenvalue weighted by molar-refractivity contribution is 5.77. The summed E-state index contributed by atoms with van der Waals surface area (Å²) in [5.74, 6) is 0.794. The van der Waals surface area contributed by atoms with Crippen molar-refractivity contribution in [2.45, 2.75) is 59.3 Å². The van der Waals surface area contributed by atoms with E-state index in [0.29, 0.717) is 11.8 Å². The Kier molecular flexibility index (Phi) is 5.23. The van der Waals surface area contributed by atoms with Crippen LogP contribution >= 0.6 is 0 Å². The molecule has 4 atom stereocenters. The SMILES string of the molecule is C=C/C(C)=C\C[C@@H]1C(=C)CC[C@@H]2[C@]1(C)CCC[C@]2(C)C(=O)OC. The summed E-state index contributed by atoms with van der Waals surface area (Å²) in [6, 6.07) is 0. The number of ether oxygens (including phenoxy) is 1. The first-order chi connectivity index (χ1) is 10.8. The van der Waals surface area contributed by atoms with Gasteiger partial charge < -0.3 is 4.74 Å². The number of allylic oxidation sites excluding steroid dienone is 4. The molecule has 128 valence electrons. The van der Waals surface area contributed by atoms with Crippen LogP contribution in [-0.4, -0.2) is 13.1 Å². The van der Waals surface area contributed by atoms with Crippen molar-refractivity contribution in [2.75, 3.05) is 7.11 Å². The van der Waals surface area contributed by atoms with Gasteiger partial charge in [0.1, 0.15) is 0 Å². The topological polar surface area (TPSA) is 26.3 Å². The lowest BCUT2D eigenvalue weighted by Gasteiger charge is -2.57. The number of carbonyl (C=O) groups excluding carboxylic acids is 1. The van der Waals surface area contributed by atoms with E-state index in [1.54, 1.807) is 0 Å². The van der Waals surface area contributed by atoms with Crippen LogP contribution in [0.1, 0.15) is 59.3 Å². The number of rotatable bonds is 4. The maximum atomic E-state index is 12.5. The highest BCUT2D eigenvalue weighted by Gasteiger charge is 2.57. The predicted octanol–water partition coefficient (Wildman–Crippen LogP) is 5.46. The molecule has 23 heavy (non-hydrogen) atoms. The van der Waals surface area contributed by atoms with Crippen LogP contribution in [0.2, 0.25) is 0 Å². The van der Waals surface area contributed by atoms with E-state index >= 15 is 0 Å². The minimum absolute atomic E-state index is 0.0301. The van der Waals surface area contributed by atoms with Crippen LogP contribution in [0.15, 0.2) is 36.5 Å². The third-order valence-electron chi connectivity index (χ3n) is 6.67. The van der Waals surface area contributed by atoms with Crippen LogP contribution in [0.25, 0.3) is 0 Å². The molecule has 0 aliphatic heterocycles. The Morgan fingerprint density at radius 1 is 1.39 bits per heavy atom. The maximum absolute atomic E-state index is 12.5. The Hall–Kier alpha value is -1.31. The molecule has 0 radical (unpaired) electrons. The first kappa shape index (κ1) is 18.0. The van der Waals surface area contributed by atoms with Crippen molar-refractivity contribution in [3.63, 3.8) is 0 Å². The molecular formula is C21H32O2. The zero-order chi connectivity index (χ0) is 17.3. The normalized spacial score (nSPS) is 37.9. The third kappa shape index (κ3) is 3.05. The Balaban J connectivity index is 2.36. The van der Waals surface area contributed by atoms with Crippen LogP contribution in [0.3, 0.4) is 0 Å². The van der Waals surface area contributed by atoms with Crippen LogP contribution in [0.4, 0.5) is 0 Å². The summed E-state index contributed by atoms with van der Waals surface area (Å²) in [4.78, 5) is 12.5. The van der Waals surface area contributed by atoms with Crippen molar-refractivity contribution in [3.05, 3.63) is 36.5 Å². The molecule has 0 N–H and O–H groups in total. The van der Waals surface area contributed by atoms with Gasteiger partial charge in [0, 0.05) is 0 Å². The second kappa shape index (κ2) is 6.67. The molecule has 0 aromatic heterocycles. The van der Waals surface area contributed by atoms with Gasteiger partial charge in [-0.25, -0.2) is 0 Å². The van der Waals surface area contributed by atoms with E-state index in [1.807, 2.05) is 6.08 Å². The molecule has 0 aromatic carbocycles. The van der Waals surface area contributed by atoms with Crippen molar-refractivity contribution in [1.29, 1.82) is 0 Å². The van der Waals surface area contributed by atoms with Gasteiger partial charge in [-0.05, 0) is 63.2 Å². The summed E-state index contributed by atoms with van der Waals surface area (Å²) >= 11 is 0. The molecule has 2 rings (SSSR count). The average molecular weight is 316 g/mol. The molecular weight excluding hydrogens is 284 g/mol. The molecule has 2 saturated carbocycles. The summed E-state index contributed by atoms with van der Waals surface area (Å²) in [7, 11) is 1.52. The second-order valence-electron chi connectivity index (χ2n) is 7.96. The second-order valence-corrected chi connectivity index (χ2v) is 7.96. The van der Waals surface area contributed by atoms with E-state index in [4.69, 9.17) is 4.74 Å². The van der Waals surface area contributed by atoms with Crippen molar-refractivity contribution < 1.29 is 9.53 Å². The van der Waals surface area contributed by atoms with Crippen LogP contribution in [-0.2, 0) is 9.53 Å². The zero-order valence-corrected chi connectivity index (χ0v) is 15.3. The highest BCUT2D eigenvalue weighted by Crippen LogP contribution is 2.62. The van der Waals surface area contributed by atoms with Gasteiger partial charge in [0.15, 0.2) is 0 Å². The Bertz CT molecular complexity index is 530. The number of esters is 1. The summed E-state index contributed by atoms with van der Waals surface area (Å²) in [6.07, 6.45) is 10.5. The van der Waals surface area contributed by atoms with Gasteiger partial charge in [-0.3, -0.25) is 4.79 Å². The van der Waals surface area contributed by atoms with Gasteiger partial charge in [-0.2, -0.15) is 0 Å². The summed E-state index contributed by atoms with van der Waals surface area (Å²) < 4.78 is 5.18. The molecule has 0 aromatic rings. The lowest BCUT2D eigenvalue weighted by atomic mass is 9.46. The van der Waals surface area contributed by atoms with Gasteiger partial charge in [-0.1, -0.05) is 49.8 Å². The fraction of sp³-hybridized carbons (Fsp3) is 0.667. The first-order valence-corrected chi connectivity index (χ1v) is 8.85. The van der Waals surface area contributed by atoms with E-state index in [0.717, 1.165) is 32.1 Å². The molecule has 2 aliphatic carbocycles. The van der Waals surface area contributed by atoms with Gasteiger partial charge in [0.25, 0.3) is 0 Å². The fourth-order valence-corrected chi connectivity index (χ4v) is 5.25. The van der Waals surface area contributed by atoms with E-state index in [2.05, 4.69) is 40.0 Å². The molecule has 2 fully saturated rings. The van der Waals surface area contributed by atoms with Gasteiger partial charge >= 0.3 is 5.97 Å². The molecule has 0 saturated heterocycles. The quantitative estimate of drug-likeness (QED) is 0.391. The van der Waals surface area contributed by atoms with Gasteiger partial charge in [0.2, 0.25) is 0 Å². The number of fused-ring (bicyclic) bond motifs is 1. The first-order valence-electron chi connectivity index (χ1n) is 8.85. The monoisotopic (exact) mass is 316 g/mol. The lowest BCUT2D eigenvalue weighted by Crippen LogP contribution is -2.53. The highest BCUT2D eigenvalue weighted by atomic mass is 16.5. The number of carbonyl (C=O) groups is 1. The largest absolute Gasteiger partial charge is 0.469 e. The van der Waals surface area contributed by atoms with Crippen LogP contribution in [0, 0.1) is 22.7 Å². The minimum Gasteiger partial charge on any atom is -0.469 e. The predicted molar refractivity (Wildman–Crippen MR) is 96.0 cm³/mol. The van der Waals surface area contributed by atoms with Crippen molar-refractivity contribution in [3.8, 4) is 0 Å². The van der Waals surface area contributed by atoms with E-state index in [9.17, 15) is 4.79 Å². The van der Waals surface area contributed by atoms with Crippen LogP contribution < -0.4 is 0 Å². The molecule has 0 heterocycles. The Morgan fingerprint density at radius 2 is 2.09 bits per heavy atom. The van der Waals surface area contributed by atoms with Crippen LogP contribution in [0.5, 0.6) is 0 Å². The molecule has 2 aliphatic rings. The van der Waals surface area contributed by atoms with E-state index in [-0.39, 0.29) is 16.8 Å². The van der Waals surface area contributed by atoms with Crippen molar-refractivity contribution in [2.24, 2.45) is 22.7 Å². The smallest absolute Gasteiger partial charge is 0.311 e. The molecule has 0 spiro atoms. The zero-order valence-electron chi connectivity index (χ0n) is 15.3. The molecule has 2 nitrogen and oxygen atoms in total. The van der Waals surface area contributed by atoms with E-state index in [1.165, 1.54) is 24.7 Å².